The smallest absolute Gasteiger partial charge is 0.0802 e. The Morgan fingerprint density at radius 3 is 2.25 bits per heavy atom. The predicted molar refractivity (Wildman–Crippen MR) is 66.6 cm³/mol. The van der Waals surface area contributed by atoms with Crippen molar-refractivity contribution in [3.05, 3.63) is 0 Å². The van der Waals surface area contributed by atoms with Gasteiger partial charge < -0.3 is 15.2 Å². The van der Waals surface area contributed by atoms with Gasteiger partial charge in [0.2, 0.25) is 0 Å². The van der Waals surface area contributed by atoms with E-state index in [0.717, 1.165) is 25.9 Å². The van der Waals surface area contributed by atoms with Gasteiger partial charge in [0.1, 0.15) is 0 Å². The summed E-state index contributed by atoms with van der Waals surface area (Å²) in [6.45, 7) is 6.38. The Labute approximate surface area is 99.6 Å². The topological polar surface area (TPSA) is 41.5 Å². The molecule has 3 heteroatoms. The summed E-state index contributed by atoms with van der Waals surface area (Å²) in [5, 5.41) is 13.0. The van der Waals surface area contributed by atoms with Gasteiger partial charge in [0.05, 0.1) is 5.60 Å². The first kappa shape index (κ1) is 13.9. The lowest BCUT2D eigenvalue weighted by atomic mass is 9.79. The lowest BCUT2D eigenvalue weighted by Crippen LogP contribution is -2.50. The Morgan fingerprint density at radius 2 is 1.94 bits per heavy atom. The maximum absolute atomic E-state index is 9.46. The van der Waals surface area contributed by atoms with Gasteiger partial charge in [-0.25, -0.2) is 0 Å². The van der Waals surface area contributed by atoms with Crippen LogP contribution in [0.3, 0.4) is 0 Å². The van der Waals surface area contributed by atoms with Crippen molar-refractivity contribution < 1.29 is 9.84 Å². The van der Waals surface area contributed by atoms with E-state index in [9.17, 15) is 5.11 Å². The minimum Gasteiger partial charge on any atom is -0.396 e. The second kappa shape index (κ2) is 5.99. The molecule has 0 aromatic heterocycles. The van der Waals surface area contributed by atoms with Gasteiger partial charge in [0, 0.05) is 32.2 Å². The van der Waals surface area contributed by atoms with E-state index in [2.05, 4.69) is 19.2 Å². The first-order valence-corrected chi connectivity index (χ1v) is 6.52. The van der Waals surface area contributed by atoms with Crippen molar-refractivity contribution in [2.45, 2.75) is 51.6 Å². The molecule has 1 fully saturated rings. The van der Waals surface area contributed by atoms with Crippen molar-refractivity contribution >= 4 is 0 Å². The molecule has 0 radical (unpaired) electrons. The molecule has 0 saturated heterocycles. The van der Waals surface area contributed by atoms with Gasteiger partial charge in [-0.1, -0.05) is 13.8 Å². The normalized spacial score (nSPS) is 19.5. The third-order valence-electron chi connectivity index (χ3n) is 4.48. The Kier molecular flexibility index (Phi) is 5.22. The molecule has 1 aliphatic carbocycles. The minimum absolute atomic E-state index is 0.0542. The first-order valence-electron chi connectivity index (χ1n) is 6.52. The lowest BCUT2D eigenvalue weighted by molar-refractivity contribution is -0.0712. The number of aliphatic hydroxyl groups is 1. The fourth-order valence-electron chi connectivity index (χ4n) is 2.36. The van der Waals surface area contributed by atoms with Gasteiger partial charge >= 0.3 is 0 Å². The fraction of sp³-hybridized carbons (Fsp3) is 1.00. The molecule has 0 aromatic carbocycles. The summed E-state index contributed by atoms with van der Waals surface area (Å²) in [7, 11) is 1.81. The highest BCUT2D eigenvalue weighted by atomic mass is 16.5. The molecule has 0 heterocycles. The van der Waals surface area contributed by atoms with E-state index in [4.69, 9.17) is 4.74 Å². The highest BCUT2D eigenvalue weighted by Crippen LogP contribution is 2.34. The van der Waals surface area contributed by atoms with Crippen molar-refractivity contribution in [1.29, 1.82) is 0 Å². The van der Waals surface area contributed by atoms with Crippen LogP contribution in [-0.4, -0.2) is 37.5 Å². The van der Waals surface area contributed by atoms with Gasteiger partial charge in [-0.15, -0.1) is 0 Å². The zero-order chi connectivity index (χ0) is 12.1. The molecule has 1 saturated carbocycles. The molecular formula is C13H27NO2. The average Bonchev–Trinajstić information content (AvgIpc) is 2.29. The second-order valence-corrected chi connectivity index (χ2v) is 5.21. The maximum Gasteiger partial charge on any atom is 0.0802 e. The monoisotopic (exact) mass is 229 g/mol. The summed E-state index contributed by atoms with van der Waals surface area (Å²) in [6, 6.07) is 0. The molecule has 1 rings (SSSR count). The van der Waals surface area contributed by atoms with E-state index in [1.165, 1.54) is 19.3 Å². The standard InChI is InChI=1S/C13H27NO2/c1-4-12(5-2,11-15)9-14-10-13(16-3)7-6-8-13/h14-15H,4-11H2,1-3H3. The molecule has 0 atom stereocenters. The van der Waals surface area contributed by atoms with Crippen LogP contribution in [0, 0.1) is 5.41 Å². The zero-order valence-electron chi connectivity index (χ0n) is 11.0. The third kappa shape index (κ3) is 2.96. The predicted octanol–water partition coefficient (Wildman–Crippen LogP) is 1.94. The molecule has 16 heavy (non-hydrogen) atoms. The van der Waals surface area contributed by atoms with Crippen molar-refractivity contribution in [2.75, 3.05) is 26.8 Å². The molecule has 0 amide bonds. The van der Waals surface area contributed by atoms with E-state index in [1.54, 1.807) is 7.11 Å². The van der Waals surface area contributed by atoms with E-state index >= 15 is 0 Å². The Balaban J connectivity index is 2.32. The van der Waals surface area contributed by atoms with Crippen LogP contribution in [0.5, 0.6) is 0 Å². The van der Waals surface area contributed by atoms with Crippen LogP contribution in [-0.2, 0) is 4.74 Å². The van der Waals surface area contributed by atoms with Crippen LogP contribution >= 0.6 is 0 Å². The van der Waals surface area contributed by atoms with Gasteiger partial charge in [-0.05, 0) is 32.1 Å². The molecule has 0 aliphatic heterocycles. The molecule has 0 unspecified atom stereocenters. The van der Waals surface area contributed by atoms with Crippen LogP contribution in [0.1, 0.15) is 46.0 Å². The molecule has 0 aromatic rings. The molecule has 0 spiro atoms. The molecule has 1 aliphatic rings. The third-order valence-corrected chi connectivity index (χ3v) is 4.48. The van der Waals surface area contributed by atoms with Crippen molar-refractivity contribution in [3.63, 3.8) is 0 Å². The highest BCUT2D eigenvalue weighted by Gasteiger charge is 2.37. The molecule has 96 valence electrons. The van der Waals surface area contributed by atoms with Crippen LogP contribution in [0.4, 0.5) is 0 Å². The Bertz CT molecular complexity index is 184. The second-order valence-electron chi connectivity index (χ2n) is 5.21. The zero-order valence-corrected chi connectivity index (χ0v) is 11.0. The highest BCUT2D eigenvalue weighted by molar-refractivity contribution is 4.92. The largest absolute Gasteiger partial charge is 0.396 e. The minimum atomic E-state index is 0.0542. The lowest BCUT2D eigenvalue weighted by Gasteiger charge is -2.41. The van der Waals surface area contributed by atoms with Crippen LogP contribution in [0.2, 0.25) is 0 Å². The van der Waals surface area contributed by atoms with Crippen LogP contribution < -0.4 is 5.32 Å². The van der Waals surface area contributed by atoms with Gasteiger partial charge in [-0.2, -0.15) is 0 Å². The summed E-state index contributed by atoms with van der Waals surface area (Å²) < 4.78 is 5.56. The number of rotatable bonds is 8. The summed E-state index contributed by atoms with van der Waals surface area (Å²) in [4.78, 5) is 0. The average molecular weight is 229 g/mol. The van der Waals surface area contributed by atoms with Crippen molar-refractivity contribution in [1.82, 2.24) is 5.32 Å². The summed E-state index contributed by atoms with van der Waals surface area (Å²) in [6.07, 6.45) is 5.66. The number of ether oxygens (including phenoxy) is 1. The molecule has 3 nitrogen and oxygen atoms in total. The maximum atomic E-state index is 9.46. The van der Waals surface area contributed by atoms with E-state index in [1.807, 2.05) is 0 Å². The van der Waals surface area contributed by atoms with Crippen LogP contribution in [0.15, 0.2) is 0 Å². The van der Waals surface area contributed by atoms with Gasteiger partial charge in [0.15, 0.2) is 0 Å². The number of aliphatic hydroxyl groups excluding tert-OH is 1. The quantitative estimate of drug-likeness (QED) is 0.668. The number of methoxy groups -OCH3 is 1. The van der Waals surface area contributed by atoms with E-state index < -0.39 is 0 Å². The van der Waals surface area contributed by atoms with Crippen molar-refractivity contribution in [2.24, 2.45) is 5.41 Å². The molecule has 2 N–H and O–H groups in total. The first-order chi connectivity index (χ1) is 7.66. The SMILES string of the molecule is CCC(CC)(CO)CNCC1(OC)CCC1. The molecule has 0 bridgehead atoms. The van der Waals surface area contributed by atoms with Crippen LogP contribution in [0.25, 0.3) is 0 Å². The number of nitrogens with one attached hydrogen (secondary N) is 1. The summed E-state index contributed by atoms with van der Waals surface area (Å²) in [5.41, 5.74) is 0.140. The van der Waals surface area contributed by atoms with Gasteiger partial charge in [-0.3, -0.25) is 0 Å². The Morgan fingerprint density at radius 1 is 1.31 bits per heavy atom. The number of hydrogen-bond acceptors (Lipinski definition) is 3. The summed E-state index contributed by atoms with van der Waals surface area (Å²) >= 11 is 0. The Hall–Kier alpha value is -0.120. The van der Waals surface area contributed by atoms with Crippen molar-refractivity contribution in [3.8, 4) is 0 Å². The molecular weight excluding hydrogens is 202 g/mol. The van der Waals surface area contributed by atoms with Gasteiger partial charge in [0.25, 0.3) is 0 Å². The number of hydrogen-bond donors (Lipinski definition) is 2. The summed E-state index contributed by atoms with van der Waals surface area (Å²) in [5.74, 6) is 0. The van der Waals surface area contributed by atoms with E-state index in [-0.39, 0.29) is 17.6 Å². The fourth-order valence-corrected chi connectivity index (χ4v) is 2.36. The van der Waals surface area contributed by atoms with E-state index in [0.29, 0.717) is 0 Å².